The molecule has 0 aliphatic carbocycles. The number of nitrogens with two attached hydrogens (primary N) is 1. The fraction of sp³-hybridized carbons (Fsp3) is 0. The highest BCUT2D eigenvalue weighted by atomic mass is 127. The smallest absolute Gasteiger partial charge is 0.180 e. The van der Waals surface area contributed by atoms with Gasteiger partial charge in [-0.05, 0) is 57.3 Å². The second-order valence-electron chi connectivity index (χ2n) is 2.86. The molecule has 78 valence electrons. The summed E-state index contributed by atoms with van der Waals surface area (Å²) in [6.45, 7) is 0. The Bertz CT molecular complexity index is 490. The first kappa shape index (κ1) is 11.4. The molecule has 3 N–H and O–H groups in total. The molecule has 0 saturated heterocycles. The third kappa shape index (κ3) is 2.36. The molecule has 0 spiro atoms. The van der Waals surface area contributed by atoms with Gasteiger partial charge in [0.2, 0.25) is 0 Å². The van der Waals surface area contributed by atoms with Crippen molar-refractivity contribution < 1.29 is 5.11 Å². The maximum absolute atomic E-state index is 9.63. The minimum atomic E-state index is 0.322. The van der Waals surface area contributed by atoms with Gasteiger partial charge in [0.25, 0.3) is 0 Å². The van der Waals surface area contributed by atoms with E-state index in [0.717, 1.165) is 18.4 Å². The van der Waals surface area contributed by atoms with Crippen molar-refractivity contribution in [1.82, 2.24) is 4.98 Å². The Kier molecular flexibility index (Phi) is 3.36. The lowest BCUT2D eigenvalue weighted by Crippen LogP contribution is -1.86. The molecule has 6 heteroatoms. The monoisotopic (exact) mass is 444 g/mol. The summed E-state index contributed by atoms with van der Waals surface area (Å²) >= 11 is 5.61. The summed E-state index contributed by atoms with van der Waals surface area (Å²) in [5.74, 6) is 0.322. The molecule has 0 saturated carbocycles. The van der Waals surface area contributed by atoms with Crippen molar-refractivity contribution >= 4 is 61.7 Å². The van der Waals surface area contributed by atoms with Crippen LogP contribution in [0.1, 0.15) is 0 Å². The highest BCUT2D eigenvalue weighted by molar-refractivity contribution is 14.1. The van der Waals surface area contributed by atoms with E-state index in [1.54, 1.807) is 0 Å². The quantitative estimate of drug-likeness (QED) is 0.665. The Labute approximate surface area is 118 Å². The first-order valence-corrected chi connectivity index (χ1v) is 7.01. The van der Waals surface area contributed by atoms with Gasteiger partial charge in [-0.15, -0.1) is 11.3 Å². The Balaban J connectivity index is 2.55. The van der Waals surface area contributed by atoms with Gasteiger partial charge < -0.3 is 10.8 Å². The molecule has 0 amide bonds. The van der Waals surface area contributed by atoms with Gasteiger partial charge in [0.1, 0.15) is 5.75 Å². The van der Waals surface area contributed by atoms with Gasteiger partial charge in [-0.25, -0.2) is 4.98 Å². The predicted octanol–water partition coefficient (Wildman–Crippen LogP) is 3.31. The molecular weight excluding hydrogens is 438 g/mol. The molecule has 1 aromatic carbocycles. The lowest BCUT2D eigenvalue weighted by molar-refractivity contribution is 0.468. The van der Waals surface area contributed by atoms with Crippen LogP contribution in [0, 0.1) is 7.14 Å². The van der Waals surface area contributed by atoms with Gasteiger partial charge in [-0.3, -0.25) is 0 Å². The van der Waals surface area contributed by atoms with Crippen LogP contribution < -0.4 is 5.73 Å². The van der Waals surface area contributed by atoms with E-state index in [-0.39, 0.29) is 0 Å². The number of thiazole rings is 1. The van der Waals surface area contributed by atoms with Crippen LogP contribution in [0.4, 0.5) is 5.13 Å². The largest absolute Gasteiger partial charge is 0.506 e. The van der Waals surface area contributed by atoms with Crippen LogP contribution in [-0.4, -0.2) is 10.1 Å². The standard InChI is InChI=1S/C9H6I2N2OS/c10-5-1-4(2-6(11)8(5)14)7-3-15-9(12)13-7/h1-3,14H,(H2,12,13). The topological polar surface area (TPSA) is 59.1 Å². The van der Waals surface area contributed by atoms with Gasteiger partial charge in [-0.2, -0.15) is 0 Å². The number of phenols is 1. The Morgan fingerprint density at radius 2 is 1.87 bits per heavy atom. The SMILES string of the molecule is Nc1nc(-c2cc(I)c(O)c(I)c2)cs1. The molecule has 0 aliphatic rings. The second kappa shape index (κ2) is 4.42. The Morgan fingerprint density at radius 3 is 2.33 bits per heavy atom. The Morgan fingerprint density at radius 1 is 1.27 bits per heavy atom. The zero-order valence-corrected chi connectivity index (χ0v) is 12.5. The summed E-state index contributed by atoms with van der Waals surface area (Å²) in [6.07, 6.45) is 0. The molecule has 2 aromatic rings. The fourth-order valence-corrected chi connectivity index (χ4v) is 3.47. The average Bonchev–Trinajstić information content (AvgIpc) is 2.60. The summed E-state index contributed by atoms with van der Waals surface area (Å²) in [5.41, 5.74) is 7.41. The molecule has 1 aromatic heterocycles. The molecule has 15 heavy (non-hydrogen) atoms. The number of aromatic hydroxyl groups is 1. The number of halogens is 2. The number of nitrogens with zero attached hydrogens (tertiary/aromatic N) is 1. The molecule has 0 radical (unpaired) electrons. The van der Waals surface area contributed by atoms with Crippen molar-refractivity contribution in [2.45, 2.75) is 0 Å². The Hall–Kier alpha value is -0.0900. The minimum absolute atomic E-state index is 0.322. The second-order valence-corrected chi connectivity index (χ2v) is 6.07. The molecule has 2 rings (SSSR count). The third-order valence-electron chi connectivity index (χ3n) is 1.83. The van der Waals surface area contributed by atoms with Gasteiger partial charge in [0.05, 0.1) is 12.8 Å². The lowest BCUT2D eigenvalue weighted by Gasteiger charge is -2.03. The number of anilines is 1. The first-order chi connectivity index (χ1) is 7.08. The van der Waals surface area contributed by atoms with Crippen LogP contribution in [0.15, 0.2) is 17.5 Å². The van der Waals surface area contributed by atoms with E-state index >= 15 is 0 Å². The van der Waals surface area contributed by atoms with Crippen LogP contribution in [0.5, 0.6) is 5.75 Å². The number of benzene rings is 1. The summed E-state index contributed by atoms with van der Waals surface area (Å²) < 4.78 is 1.64. The fourth-order valence-electron chi connectivity index (χ4n) is 1.13. The number of phenolic OH excluding ortho intramolecular Hbond substituents is 1. The molecular formula is C9H6I2N2OS. The van der Waals surface area contributed by atoms with E-state index in [4.69, 9.17) is 5.73 Å². The van der Waals surface area contributed by atoms with Crippen molar-refractivity contribution in [2.24, 2.45) is 0 Å². The molecule has 0 bridgehead atoms. The summed E-state index contributed by atoms with van der Waals surface area (Å²) in [5, 5.41) is 12.1. The van der Waals surface area contributed by atoms with Gasteiger partial charge >= 0.3 is 0 Å². The summed E-state index contributed by atoms with van der Waals surface area (Å²) in [4.78, 5) is 4.20. The molecule has 0 fully saturated rings. The maximum Gasteiger partial charge on any atom is 0.180 e. The van der Waals surface area contributed by atoms with Gasteiger partial charge in [-0.1, -0.05) is 0 Å². The third-order valence-corrected chi connectivity index (χ3v) is 4.15. The van der Waals surface area contributed by atoms with Gasteiger partial charge in [0, 0.05) is 10.9 Å². The van der Waals surface area contributed by atoms with E-state index in [0.29, 0.717) is 10.9 Å². The zero-order valence-electron chi connectivity index (χ0n) is 7.37. The number of hydrogen-bond donors (Lipinski definition) is 2. The predicted molar refractivity (Wildman–Crippen MR) is 79.1 cm³/mol. The summed E-state index contributed by atoms with van der Waals surface area (Å²) in [6, 6.07) is 3.79. The van der Waals surface area contributed by atoms with Crippen molar-refractivity contribution in [1.29, 1.82) is 0 Å². The lowest BCUT2D eigenvalue weighted by atomic mass is 10.2. The van der Waals surface area contributed by atoms with E-state index in [1.165, 1.54) is 11.3 Å². The number of nitrogen functional groups attached to an aromatic ring is 1. The van der Waals surface area contributed by atoms with E-state index in [1.807, 2.05) is 17.5 Å². The molecule has 0 unspecified atom stereocenters. The zero-order chi connectivity index (χ0) is 11.0. The van der Waals surface area contributed by atoms with Crippen LogP contribution in [0.2, 0.25) is 0 Å². The van der Waals surface area contributed by atoms with Crippen molar-refractivity contribution in [3.05, 3.63) is 24.7 Å². The van der Waals surface area contributed by atoms with Crippen LogP contribution in [0.25, 0.3) is 11.3 Å². The van der Waals surface area contributed by atoms with E-state index < -0.39 is 0 Å². The summed E-state index contributed by atoms with van der Waals surface area (Å²) in [7, 11) is 0. The van der Waals surface area contributed by atoms with Crippen molar-refractivity contribution in [2.75, 3.05) is 5.73 Å². The minimum Gasteiger partial charge on any atom is -0.506 e. The van der Waals surface area contributed by atoms with Crippen molar-refractivity contribution in [3.63, 3.8) is 0 Å². The van der Waals surface area contributed by atoms with Gasteiger partial charge in [0.15, 0.2) is 5.13 Å². The van der Waals surface area contributed by atoms with Crippen LogP contribution >= 0.6 is 56.5 Å². The van der Waals surface area contributed by atoms with Crippen LogP contribution in [-0.2, 0) is 0 Å². The average molecular weight is 444 g/mol. The number of rotatable bonds is 1. The number of hydrogen-bond acceptors (Lipinski definition) is 4. The normalized spacial score (nSPS) is 10.5. The van der Waals surface area contributed by atoms with E-state index in [2.05, 4.69) is 50.2 Å². The molecule has 0 atom stereocenters. The first-order valence-electron chi connectivity index (χ1n) is 3.97. The van der Waals surface area contributed by atoms with Crippen LogP contribution in [0.3, 0.4) is 0 Å². The molecule has 3 nitrogen and oxygen atoms in total. The molecule has 1 heterocycles. The maximum atomic E-state index is 9.63. The number of aromatic nitrogens is 1. The van der Waals surface area contributed by atoms with E-state index in [9.17, 15) is 5.11 Å². The van der Waals surface area contributed by atoms with Crippen molar-refractivity contribution in [3.8, 4) is 17.0 Å². The molecule has 0 aliphatic heterocycles. The highest BCUT2D eigenvalue weighted by Gasteiger charge is 2.09. The highest BCUT2D eigenvalue weighted by Crippen LogP contribution is 2.32.